The molecular formula is C20H39N3O2. The normalized spacial score (nSPS) is 13.4. The molecule has 0 aromatic carbocycles. The Morgan fingerprint density at radius 3 is 2.24 bits per heavy atom. The third kappa shape index (κ3) is 15.9. The first-order valence-electron chi connectivity index (χ1n) is 10.0. The summed E-state index contributed by atoms with van der Waals surface area (Å²) < 4.78 is 0. The summed E-state index contributed by atoms with van der Waals surface area (Å²) in [7, 11) is 0. The lowest BCUT2D eigenvalue weighted by atomic mass is 10.1. The fraction of sp³-hybridized carbons (Fsp3) is 0.800. The predicted octanol–water partition coefficient (Wildman–Crippen LogP) is 4.40. The van der Waals surface area contributed by atoms with Gasteiger partial charge in [-0.15, -0.1) is 0 Å². The molecular weight excluding hydrogens is 314 g/mol. The zero-order valence-corrected chi connectivity index (χ0v) is 16.1. The molecule has 0 spiro atoms. The van der Waals surface area contributed by atoms with Crippen LogP contribution in [0.1, 0.15) is 90.4 Å². The van der Waals surface area contributed by atoms with Gasteiger partial charge in [-0.25, -0.2) is 4.79 Å². The number of aliphatic carboxylic acids is 1. The zero-order chi connectivity index (χ0) is 18.8. The summed E-state index contributed by atoms with van der Waals surface area (Å²) in [6, 6.07) is -0.743. The Balaban J connectivity index is 3.81. The lowest BCUT2D eigenvalue weighted by molar-refractivity contribution is -0.138. The smallest absolute Gasteiger partial charge is 0.328 e. The highest BCUT2D eigenvalue weighted by Crippen LogP contribution is 2.10. The Kier molecular flexibility index (Phi) is 16.5. The Morgan fingerprint density at radius 2 is 1.64 bits per heavy atom. The third-order valence-corrected chi connectivity index (χ3v) is 4.26. The first kappa shape index (κ1) is 23.6. The minimum absolute atomic E-state index is 0.396. The van der Waals surface area contributed by atoms with E-state index in [1.54, 1.807) is 0 Å². The molecule has 0 radical (unpaired) electrons. The lowest BCUT2D eigenvalue weighted by Gasteiger charge is -2.08. The summed E-state index contributed by atoms with van der Waals surface area (Å²) in [6.07, 6.45) is 18.4. The van der Waals surface area contributed by atoms with Crippen LogP contribution in [0, 0.1) is 0 Å². The molecule has 0 aliphatic carbocycles. The van der Waals surface area contributed by atoms with Gasteiger partial charge in [0, 0.05) is 6.42 Å². The largest absolute Gasteiger partial charge is 0.480 e. The van der Waals surface area contributed by atoms with E-state index in [2.05, 4.69) is 18.0 Å². The highest BCUT2D eigenvalue weighted by molar-refractivity contribution is 5.85. The average Bonchev–Trinajstić information content (AvgIpc) is 2.58. The molecule has 0 saturated carbocycles. The van der Waals surface area contributed by atoms with Gasteiger partial charge in [0.1, 0.15) is 6.04 Å². The van der Waals surface area contributed by atoms with Crippen molar-refractivity contribution in [1.82, 2.24) is 0 Å². The maximum absolute atomic E-state index is 11.2. The second kappa shape index (κ2) is 17.5. The summed E-state index contributed by atoms with van der Waals surface area (Å²) in [5.41, 5.74) is 11.3. The van der Waals surface area contributed by atoms with Crippen LogP contribution in [0.2, 0.25) is 0 Å². The van der Waals surface area contributed by atoms with Crippen LogP contribution < -0.4 is 11.5 Å². The molecule has 0 aliphatic rings. The molecule has 5 heteroatoms. The van der Waals surface area contributed by atoms with Gasteiger partial charge in [-0.05, 0) is 38.6 Å². The van der Waals surface area contributed by atoms with Crippen LogP contribution in [0.5, 0.6) is 0 Å². The van der Waals surface area contributed by atoms with Crippen molar-refractivity contribution in [2.75, 3.05) is 6.54 Å². The standard InChI is InChI=1S/C20H39N3O2/c1-2-3-4-5-6-7-8-9-10-11-12-16-19(22)23-18(20(24)25)15-13-14-17-21/h11-12,18H,2-10,13-17,21H2,1H3,(H2,22,23)(H,24,25)/t18-/m0/s1. The van der Waals surface area contributed by atoms with E-state index in [4.69, 9.17) is 16.6 Å². The molecule has 0 amide bonds. The van der Waals surface area contributed by atoms with E-state index in [1.165, 1.54) is 51.4 Å². The van der Waals surface area contributed by atoms with Crippen LogP contribution in [0.4, 0.5) is 0 Å². The predicted molar refractivity (Wildman–Crippen MR) is 107 cm³/mol. The van der Waals surface area contributed by atoms with Gasteiger partial charge in [0.05, 0.1) is 5.84 Å². The van der Waals surface area contributed by atoms with E-state index in [0.29, 0.717) is 25.2 Å². The molecule has 0 aromatic heterocycles. The van der Waals surface area contributed by atoms with Crippen molar-refractivity contribution >= 4 is 11.8 Å². The van der Waals surface area contributed by atoms with Gasteiger partial charge in [0.25, 0.3) is 0 Å². The SMILES string of the molecule is CCCCCCCCCCC=CCC(N)=N[C@@H](CCCCN)C(=O)O. The van der Waals surface area contributed by atoms with E-state index in [-0.39, 0.29) is 0 Å². The van der Waals surface area contributed by atoms with Crippen molar-refractivity contribution < 1.29 is 9.90 Å². The van der Waals surface area contributed by atoms with Crippen molar-refractivity contribution in [2.24, 2.45) is 16.5 Å². The number of nitrogens with two attached hydrogens (primary N) is 2. The number of amidine groups is 1. The Labute approximate surface area is 154 Å². The molecule has 0 unspecified atom stereocenters. The van der Waals surface area contributed by atoms with Gasteiger partial charge >= 0.3 is 5.97 Å². The van der Waals surface area contributed by atoms with E-state index in [0.717, 1.165) is 19.3 Å². The summed E-state index contributed by atoms with van der Waals surface area (Å²) in [5, 5.41) is 9.17. The quantitative estimate of drug-likeness (QED) is 0.156. The van der Waals surface area contributed by atoms with Crippen molar-refractivity contribution in [3.05, 3.63) is 12.2 Å². The molecule has 0 aromatic rings. The topological polar surface area (TPSA) is 102 Å². The highest BCUT2D eigenvalue weighted by Gasteiger charge is 2.15. The number of aliphatic imine (C=N–C) groups is 1. The van der Waals surface area contributed by atoms with Crippen LogP contribution >= 0.6 is 0 Å². The van der Waals surface area contributed by atoms with Gasteiger partial charge < -0.3 is 16.6 Å². The van der Waals surface area contributed by atoms with Crippen LogP contribution in [-0.4, -0.2) is 29.5 Å². The number of carbonyl (C=O) groups is 1. The van der Waals surface area contributed by atoms with Crippen molar-refractivity contribution in [1.29, 1.82) is 0 Å². The zero-order valence-electron chi connectivity index (χ0n) is 16.1. The minimum atomic E-state index is -0.914. The third-order valence-electron chi connectivity index (χ3n) is 4.26. The molecule has 146 valence electrons. The van der Waals surface area contributed by atoms with Crippen molar-refractivity contribution in [3.8, 4) is 0 Å². The van der Waals surface area contributed by atoms with Crippen LogP contribution in [-0.2, 0) is 4.79 Å². The maximum Gasteiger partial charge on any atom is 0.328 e. The summed E-state index contributed by atoms with van der Waals surface area (Å²) >= 11 is 0. The fourth-order valence-electron chi connectivity index (χ4n) is 2.70. The number of carboxylic acids is 1. The summed E-state index contributed by atoms with van der Waals surface area (Å²) in [4.78, 5) is 15.3. The first-order chi connectivity index (χ1) is 12.1. The second-order valence-corrected chi connectivity index (χ2v) is 6.70. The number of unbranched alkanes of at least 4 members (excludes halogenated alkanes) is 9. The molecule has 0 saturated heterocycles. The Morgan fingerprint density at radius 1 is 1.00 bits per heavy atom. The van der Waals surface area contributed by atoms with Crippen molar-refractivity contribution in [2.45, 2.75) is 96.4 Å². The van der Waals surface area contributed by atoms with Crippen LogP contribution in [0.3, 0.4) is 0 Å². The monoisotopic (exact) mass is 353 g/mol. The van der Waals surface area contributed by atoms with Gasteiger partial charge in [0.15, 0.2) is 0 Å². The second-order valence-electron chi connectivity index (χ2n) is 6.70. The minimum Gasteiger partial charge on any atom is -0.480 e. The van der Waals surface area contributed by atoms with E-state index in [9.17, 15) is 4.79 Å². The Bertz CT molecular complexity index is 381. The molecule has 1 atom stereocenters. The van der Waals surface area contributed by atoms with Crippen molar-refractivity contribution in [3.63, 3.8) is 0 Å². The van der Waals surface area contributed by atoms with Gasteiger partial charge in [-0.2, -0.15) is 0 Å². The fourth-order valence-corrected chi connectivity index (χ4v) is 2.70. The van der Waals surface area contributed by atoms with Gasteiger partial charge in [-0.3, -0.25) is 4.99 Å². The van der Waals surface area contributed by atoms with Crippen LogP contribution in [0.15, 0.2) is 17.1 Å². The number of allylic oxidation sites excluding steroid dienone is 1. The maximum atomic E-state index is 11.2. The molecule has 0 heterocycles. The number of carboxylic acid groups (broad SMARTS) is 1. The highest BCUT2D eigenvalue weighted by atomic mass is 16.4. The first-order valence-corrected chi connectivity index (χ1v) is 10.0. The van der Waals surface area contributed by atoms with E-state index >= 15 is 0 Å². The van der Waals surface area contributed by atoms with Gasteiger partial charge in [0.2, 0.25) is 0 Å². The number of hydrogen-bond donors (Lipinski definition) is 3. The molecule has 0 bridgehead atoms. The van der Waals surface area contributed by atoms with E-state index in [1.807, 2.05) is 6.08 Å². The number of nitrogens with zero attached hydrogens (tertiary/aromatic N) is 1. The summed E-state index contributed by atoms with van der Waals surface area (Å²) in [6.45, 7) is 2.82. The molecule has 5 N–H and O–H groups in total. The number of hydrogen-bond acceptors (Lipinski definition) is 3. The molecule has 0 rings (SSSR count). The average molecular weight is 354 g/mol. The molecule has 0 aliphatic heterocycles. The Hall–Kier alpha value is -1.36. The lowest BCUT2D eigenvalue weighted by Crippen LogP contribution is -2.23. The molecule has 25 heavy (non-hydrogen) atoms. The molecule has 5 nitrogen and oxygen atoms in total. The van der Waals surface area contributed by atoms with E-state index < -0.39 is 12.0 Å². The summed E-state index contributed by atoms with van der Waals surface area (Å²) in [5.74, 6) is -0.518. The van der Waals surface area contributed by atoms with Crippen LogP contribution in [0.25, 0.3) is 0 Å². The van der Waals surface area contributed by atoms with Gasteiger partial charge in [-0.1, -0.05) is 64.0 Å². The number of rotatable bonds is 17. The molecule has 0 fully saturated rings.